The highest BCUT2D eigenvalue weighted by Gasteiger charge is 2.14. The summed E-state index contributed by atoms with van der Waals surface area (Å²) < 4.78 is 6.30. The van der Waals surface area contributed by atoms with Crippen molar-refractivity contribution in [3.8, 4) is 5.75 Å². The van der Waals surface area contributed by atoms with Crippen LogP contribution in [0.5, 0.6) is 5.75 Å². The number of thiophene rings is 1. The number of carboxylic acid groups (broad SMARTS) is 1. The molecule has 17 heavy (non-hydrogen) atoms. The molecule has 0 aliphatic heterocycles. The Balaban J connectivity index is 2.39. The van der Waals surface area contributed by atoms with Gasteiger partial charge in [-0.3, -0.25) is 4.79 Å². The zero-order valence-corrected chi connectivity index (χ0v) is 10.6. The molecular weight excluding hydrogens is 236 g/mol. The van der Waals surface area contributed by atoms with Gasteiger partial charge >= 0.3 is 5.97 Å². The molecule has 90 valence electrons. The van der Waals surface area contributed by atoms with Crippen LogP contribution < -0.4 is 4.74 Å². The van der Waals surface area contributed by atoms with Gasteiger partial charge in [-0.2, -0.15) is 0 Å². The number of carbonyl (C=O) groups is 1. The SMILES string of the molecule is COc1ccc2c(C(C)CC(=O)O)csc2c1. The number of ether oxygens (including phenoxy) is 1. The molecule has 1 aromatic heterocycles. The van der Waals surface area contributed by atoms with E-state index in [1.54, 1.807) is 18.4 Å². The fourth-order valence-electron chi connectivity index (χ4n) is 1.91. The minimum atomic E-state index is -0.759. The molecule has 4 heteroatoms. The Hall–Kier alpha value is -1.55. The molecule has 0 bridgehead atoms. The highest BCUT2D eigenvalue weighted by molar-refractivity contribution is 7.17. The number of benzene rings is 1. The molecule has 0 radical (unpaired) electrons. The van der Waals surface area contributed by atoms with Gasteiger partial charge in [-0.25, -0.2) is 0 Å². The van der Waals surface area contributed by atoms with Crippen molar-refractivity contribution >= 4 is 27.4 Å². The number of rotatable bonds is 4. The van der Waals surface area contributed by atoms with E-state index in [0.29, 0.717) is 0 Å². The average Bonchev–Trinajstić information content (AvgIpc) is 2.70. The van der Waals surface area contributed by atoms with Gasteiger partial charge in [0.15, 0.2) is 0 Å². The molecule has 0 spiro atoms. The summed E-state index contributed by atoms with van der Waals surface area (Å²) in [5, 5.41) is 12.0. The van der Waals surface area contributed by atoms with Gasteiger partial charge in [-0.1, -0.05) is 6.92 Å². The summed E-state index contributed by atoms with van der Waals surface area (Å²) in [5.41, 5.74) is 1.11. The normalized spacial score (nSPS) is 12.6. The molecule has 1 aromatic carbocycles. The van der Waals surface area contributed by atoms with E-state index in [9.17, 15) is 4.79 Å². The van der Waals surface area contributed by atoms with Crippen LogP contribution in [0.15, 0.2) is 23.6 Å². The van der Waals surface area contributed by atoms with Crippen molar-refractivity contribution in [2.45, 2.75) is 19.3 Å². The second-order valence-electron chi connectivity index (χ2n) is 4.05. The fourth-order valence-corrected chi connectivity index (χ4v) is 3.02. The van der Waals surface area contributed by atoms with Crippen molar-refractivity contribution in [1.82, 2.24) is 0 Å². The molecule has 0 aliphatic rings. The van der Waals surface area contributed by atoms with E-state index in [2.05, 4.69) is 0 Å². The van der Waals surface area contributed by atoms with Crippen molar-refractivity contribution in [2.24, 2.45) is 0 Å². The Bertz CT molecular complexity index is 545. The lowest BCUT2D eigenvalue weighted by molar-refractivity contribution is -0.137. The van der Waals surface area contributed by atoms with Gasteiger partial charge in [0.25, 0.3) is 0 Å². The average molecular weight is 250 g/mol. The molecule has 1 heterocycles. The van der Waals surface area contributed by atoms with Crippen molar-refractivity contribution in [1.29, 1.82) is 0 Å². The van der Waals surface area contributed by atoms with Crippen molar-refractivity contribution in [3.63, 3.8) is 0 Å². The molecule has 2 rings (SSSR count). The lowest BCUT2D eigenvalue weighted by Crippen LogP contribution is -2.02. The maximum absolute atomic E-state index is 10.7. The van der Waals surface area contributed by atoms with E-state index in [1.165, 1.54) is 0 Å². The molecule has 1 N–H and O–H groups in total. The second-order valence-corrected chi connectivity index (χ2v) is 4.96. The molecule has 1 atom stereocenters. The van der Waals surface area contributed by atoms with Gasteiger partial charge in [0, 0.05) is 4.70 Å². The van der Waals surface area contributed by atoms with Crippen molar-refractivity contribution in [3.05, 3.63) is 29.1 Å². The van der Waals surface area contributed by atoms with E-state index in [1.807, 2.05) is 30.5 Å². The quantitative estimate of drug-likeness (QED) is 0.903. The van der Waals surface area contributed by atoms with Gasteiger partial charge in [0.1, 0.15) is 5.75 Å². The number of hydrogen-bond acceptors (Lipinski definition) is 3. The molecule has 0 amide bonds. The number of carboxylic acids is 1. The highest BCUT2D eigenvalue weighted by atomic mass is 32.1. The summed E-state index contributed by atoms with van der Waals surface area (Å²) in [6.07, 6.45) is 0.165. The molecule has 0 saturated heterocycles. The lowest BCUT2D eigenvalue weighted by Gasteiger charge is -2.07. The summed E-state index contributed by atoms with van der Waals surface area (Å²) in [7, 11) is 1.64. The van der Waals surface area contributed by atoms with Crippen LogP contribution in [0.4, 0.5) is 0 Å². The largest absolute Gasteiger partial charge is 0.497 e. The summed E-state index contributed by atoms with van der Waals surface area (Å²) in [5.74, 6) is 0.108. The first kappa shape index (κ1) is 11.9. The van der Waals surface area contributed by atoms with E-state index < -0.39 is 5.97 Å². The maximum atomic E-state index is 10.7. The van der Waals surface area contributed by atoms with Crippen molar-refractivity contribution < 1.29 is 14.6 Å². The monoisotopic (exact) mass is 250 g/mol. The zero-order chi connectivity index (χ0) is 12.4. The van der Waals surface area contributed by atoms with Gasteiger partial charge in [-0.15, -0.1) is 11.3 Å². The molecule has 2 aromatic rings. The number of fused-ring (bicyclic) bond motifs is 1. The molecule has 1 unspecified atom stereocenters. The standard InChI is InChI=1S/C13H14O3S/c1-8(5-13(14)15)11-7-17-12-6-9(16-2)3-4-10(11)12/h3-4,6-8H,5H2,1-2H3,(H,14,15). The lowest BCUT2D eigenvalue weighted by atomic mass is 9.97. The third kappa shape index (κ3) is 2.42. The second kappa shape index (κ2) is 4.75. The van der Waals surface area contributed by atoms with Gasteiger partial charge in [-0.05, 0) is 40.4 Å². The smallest absolute Gasteiger partial charge is 0.303 e. The predicted molar refractivity (Wildman–Crippen MR) is 69.0 cm³/mol. The Morgan fingerprint density at radius 2 is 2.29 bits per heavy atom. The van der Waals surface area contributed by atoms with Crippen LogP contribution in [0, 0.1) is 0 Å². The minimum Gasteiger partial charge on any atom is -0.497 e. The molecule has 0 aliphatic carbocycles. The van der Waals surface area contributed by atoms with E-state index >= 15 is 0 Å². The summed E-state index contributed by atoms with van der Waals surface area (Å²) in [6, 6.07) is 5.89. The number of aliphatic carboxylic acids is 1. The molecular formula is C13H14O3S. The Kier molecular flexibility index (Phi) is 3.33. The fraction of sp³-hybridized carbons (Fsp3) is 0.308. The first-order valence-corrected chi connectivity index (χ1v) is 6.26. The Morgan fingerprint density at radius 3 is 2.94 bits per heavy atom. The van der Waals surface area contributed by atoms with E-state index in [-0.39, 0.29) is 12.3 Å². The summed E-state index contributed by atoms with van der Waals surface area (Å²) in [4.78, 5) is 10.7. The maximum Gasteiger partial charge on any atom is 0.303 e. The topological polar surface area (TPSA) is 46.5 Å². The van der Waals surface area contributed by atoms with E-state index in [0.717, 1.165) is 21.4 Å². The Morgan fingerprint density at radius 1 is 1.53 bits per heavy atom. The third-order valence-corrected chi connectivity index (χ3v) is 3.79. The van der Waals surface area contributed by atoms with Crippen molar-refractivity contribution in [2.75, 3.05) is 7.11 Å². The third-order valence-electron chi connectivity index (χ3n) is 2.82. The number of methoxy groups -OCH3 is 1. The predicted octanol–water partition coefficient (Wildman–Crippen LogP) is 3.49. The van der Waals surface area contributed by atoms with Crippen LogP contribution in [0.3, 0.4) is 0 Å². The van der Waals surface area contributed by atoms with Crippen LogP contribution in [-0.2, 0) is 4.79 Å². The van der Waals surface area contributed by atoms with Gasteiger partial charge < -0.3 is 9.84 Å². The summed E-state index contributed by atoms with van der Waals surface area (Å²) in [6.45, 7) is 1.94. The summed E-state index contributed by atoms with van der Waals surface area (Å²) >= 11 is 1.63. The van der Waals surface area contributed by atoms with Crippen LogP contribution in [0.2, 0.25) is 0 Å². The van der Waals surface area contributed by atoms with Crippen LogP contribution >= 0.6 is 11.3 Å². The number of hydrogen-bond donors (Lipinski definition) is 1. The van der Waals surface area contributed by atoms with Gasteiger partial charge in [0.2, 0.25) is 0 Å². The molecule has 0 fully saturated rings. The molecule has 3 nitrogen and oxygen atoms in total. The van der Waals surface area contributed by atoms with Gasteiger partial charge in [0.05, 0.1) is 13.5 Å². The van der Waals surface area contributed by atoms with Crippen LogP contribution in [0.1, 0.15) is 24.8 Å². The first-order chi connectivity index (χ1) is 8.11. The van der Waals surface area contributed by atoms with Crippen LogP contribution in [-0.4, -0.2) is 18.2 Å². The van der Waals surface area contributed by atoms with E-state index in [4.69, 9.17) is 9.84 Å². The minimum absolute atomic E-state index is 0.0367. The highest BCUT2D eigenvalue weighted by Crippen LogP contribution is 2.34. The first-order valence-electron chi connectivity index (χ1n) is 5.38. The van der Waals surface area contributed by atoms with Crippen LogP contribution in [0.25, 0.3) is 10.1 Å². The zero-order valence-electron chi connectivity index (χ0n) is 9.77. The Labute approximate surface area is 104 Å². The molecule has 0 saturated carbocycles.